The van der Waals surface area contributed by atoms with Gasteiger partial charge in [0.15, 0.2) is 0 Å². The van der Waals surface area contributed by atoms with Gasteiger partial charge in [-0.25, -0.2) is 13.6 Å². The van der Waals surface area contributed by atoms with E-state index in [1.165, 1.54) is 31.2 Å². The molecule has 0 atom stereocenters. The van der Waals surface area contributed by atoms with Crippen LogP contribution in [0.15, 0.2) is 36.4 Å². The molecule has 1 aromatic carbocycles. The number of halogens is 2. The fourth-order valence-electron chi connectivity index (χ4n) is 1.19. The van der Waals surface area contributed by atoms with Gasteiger partial charge in [-0.15, -0.1) is 0 Å². The average Bonchev–Trinajstić information content (AvgIpc) is 2.28. The highest BCUT2D eigenvalue weighted by Gasteiger charge is 2.26. The molecule has 1 rings (SSSR count). The van der Waals surface area contributed by atoms with Crippen LogP contribution >= 0.6 is 0 Å². The number of rotatable bonds is 5. The number of benzene rings is 1. The van der Waals surface area contributed by atoms with Crippen molar-refractivity contribution < 1.29 is 27.8 Å². The van der Waals surface area contributed by atoms with E-state index in [1.807, 2.05) is 0 Å². The van der Waals surface area contributed by atoms with Crippen LogP contribution in [0.2, 0.25) is 0 Å². The summed E-state index contributed by atoms with van der Waals surface area (Å²) in [5.41, 5.74) is 0.241. The third-order valence-electron chi connectivity index (χ3n) is 2.07. The van der Waals surface area contributed by atoms with E-state index < -0.39 is 24.3 Å². The van der Waals surface area contributed by atoms with Gasteiger partial charge in [0.25, 0.3) is 5.92 Å². The fraction of sp³-hybridized carbons (Fsp3) is 0.286. The second-order valence-electron chi connectivity index (χ2n) is 4.36. The summed E-state index contributed by atoms with van der Waals surface area (Å²) in [7, 11) is 0. The third kappa shape index (κ3) is 5.60. The van der Waals surface area contributed by atoms with Crippen molar-refractivity contribution in [2.24, 2.45) is 0 Å². The van der Waals surface area contributed by atoms with Gasteiger partial charge in [-0.3, -0.25) is 4.79 Å². The lowest BCUT2D eigenvalue weighted by Crippen LogP contribution is -2.20. The largest absolute Gasteiger partial charge is 0.426 e. The monoisotopic (exact) mass is 284 g/mol. The molecule has 0 fully saturated rings. The number of carbonyl (C=O) groups is 2. The number of ether oxygens (including phenoxy) is 2. The third-order valence-corrected chi connectivity index (χ3v) is 2.07. The predicted molar refractivity (Wildman–Crippen MR) is 67.8 cm³/mol. The number of alkyl halides is 2. The Kier molecular flexibility index (Phi) is 4.96. The van der Waals surface area contributed by atoms with Crippen molar-refractivity contribution in [3.8, 4) is 11.5 Å². The van der Waals surface area contributed by atoms with Crippen LogP contribution in [-0.2, 0) is 9.59 Å². The van der Waals surface area contributed by atoms with Gasteiger partial charge in [-0.2, -0.15) is 0 Å². The molecule has 0 aliphatic heterocycles. The second kappa shape index (κ2) is 6.27. The molecule has 1 aromatic rings. The molecule has 6 heteroatoms. The molecule has 0 aromatic heterocycles. The van der Waals surface area contributed by atoms with Crippen molar-refractivity contribution in [2.75, 3.05) is 0 Å². The van der Waals surface area contributed by atoms with Crippen molar-refractivity contribution >= 4 is 11.9 Å². The van der Waals surface area contributed by atoms with Gasteiger partial charge < -0.3 is 9.47 Å². The molecule has 0 spiro atoms. The first-order valence-corrected chi connectivity index (χ1v) is 5.73. The zero-order chi connectivity index (χ0) is 15.3. The number of hydrogen-bond donors (Lipinski definition) is 0. The number of hydrogen-bond acceptors (Lipinski definition) is 4. The van der Waals surface area contributed by atoms with Crippen LogP contribution in [0.1, 0.15) is 20.3 Å². The van der Waals surface area contributed by atoms with E-state index in [-0.39, 0.29) is 17.1 Å². The first-order valence-electron chi connectivity index (χ1n) is 5.73. The van der Waals surface area contributed by atoms with E-state index in [4.69, 9.17) is 9.47 Å². The molecule has 0 heterocycles. The molecular formula is C14H14F2O4. The Morgan fingerprint density at radius 3 is 2.00 bits per heavy atom. The Labute approximate surface area is 115 Å². The highest BCUT2D eigenvalue weighted by molar-refractivity contribution is 5.88. The van der Waals surface area contributed by atoms with Crippen LogP contribution in [-0.4, -0.2) is 17.9 Å². The quantitative estimate of drug-likeness (QED) is 0.473. The number of carbonyl (C=O) groups excluding carboxylic acids is 2. The van der Waals surface area contributed by atoms with E-state index in [0.717, 1.165) is 0 Å². The Bertz CT molecular complexity index is 515. The summed E-state index contributed by atoms with van der Waals surface area (Å²) in [6.45, 7) is 5.56. The van der Waals surface area contributed by atoms with Gasteiger partial charge in [-0.05, 0) is 38.1 Å². The summed E-state index contributed by atoms with van der Waals surface area (Å²) in [6, 6.07) is 5.44. The van der Waals surface area contributed by atoms with Gasteiger partial charge >= 0.3 is 11.9 Å². The maximum absolute atomic E-state index is 12.6. The molecular weight excluding hydrogens is 270 g/mol. The van der Waals surface area contributed by atoms with Gasteiger partial charge in [0.05, 0.1) is 0 Å². The molecule has 4 nitrogen and oxygen atoms in total. The maximum Gasteiger partial charge on any atom is 0.338 e. The van der Waals surface area contributed by atoms with Crippen LogP contribution < -0.4 is 9.47 Å². The highest BCUT2D eigenvalue weighted by Crippen LogP contribution is 2.21. The molecule has 0 aliphatic carbocycles. The molecule has 0 aliphatic rings. The smallest absolute Gasteiger partial charge is 0.338 e. The van der Waals surface area contributed by atoms with Crippen LogP contribution in [0.5, 0.6) is 11.5 Å². The lowest BCUT2D eigenvalue weighted by molar-refractivity contribution is -0.141. The predicted octanol–water partition coefficient (Wildman–Crippen LogP) is 3.12. The Balaban J connectivity index is 2.61. The minimum atomic E-state index is -3.12. The minimum Gasteiger partial charge on any atom is -0.426 e. The van der Waals surface area contributed by atoms with Crippen LogP contribution in [0.3, 0.4) is 0 Å². The summed E-state index contributed by atoms with van der Waals surface area (Å²) < 4.78 is 34.8. The molecule has 20 heavy (non-hydrogen) atoms. The standard InChI is InChI=1S/C14H14F2O4/c1-9(2)13(18)20-11-6-4-10(5-7-11)19-12(17)8-14(3,15)16/h4-7H,1,8H2,2-3H3. The van der Waals surface area contributed by atoms with Crippen LogP contribution in [0.25, 0.3) is 0 Å². The first-order chi connectivity index (χ1) is 9.17. The normalized spacial score (nSPS) is 10.8. The highest BCUT2D eigenvalue weighted by atomic mass is 19.3. The van der Waals surface area contributed by atoms with Crippen molar-refractivity contribution in [3.05, 3.63) is 36.4 Å². The summed E-state index contributed by atoms with van der Waals surface area (Å²) in [5.74, 6) is -4.41. The lowest BCUT2D eigenvalue weighted by atomic mass is 10.3. The average molecular weight is 284 g/mol. The van der Waals surface area contributed by atoms with E-state index >= 15 is 0 Å². The zero-order valence-electron chi connectivity index (χ0n) is 11.1. The van der Waals surface area contributed by atoms with Gasteiger partial charge in [0.2, 0.25) is 0 Å². The van der Waals surface area contributed by atoms with Crippen LogP contribution in [0, 0.1) is 0 Å². The Hall–Kier alpha value is -2.24. The Morgan fingerprint density at radius 1 is 1.15 bits per heavy atom. The van der Waals surface area contributed by atoms with Gasteiger partial charge in [0, 0.05) is 5.57 Å². The molecule has 0 radical (unpaired) electrons. The molecule has 0 N–H and O–H groups in total. The molecule has 0 bridgehead atoms. The lowest BCUT2D eigenvalue weighted by Gasteiger charge is -2.10. The van der Waals surface area contributed by atoms with Gasteiger partial charge in [-0.1, -0.05) is 6.58 Å². The van der Waals surface area contributed by atoms with Gasteiger partial charge in [0.1, 0.15) is 17.9 Å². The topological polar surface area (TPSA) is 52.6 Å². The second-order valence-corrected chi connectivity index (χ2v) is 4.36. The van der Waals surface area contributed by atoms with E-state index in [9.17, 15) is 18.4 Å². The summed E-state index contributed by atoms with van der Waals surface area (Å²) in [5, 5.41) is 0. The van der Waals surface area contributed by atoms with E-state index in [1.54, 1.807) is 0 Å². The van der Waals surface area contributed by atoms with Crippen LogP contribution in [0.4, 0.5) is 8.78 Å². The van der Waals surface area contributed by atoms with E-state index in [2.05, 4.69) is 6.58 Å². The van der Waals surface area contributed by atoms with Crippen molar-refractivity contribution in [1.82, 2.24) is 0 Å². The molecule has 108 valence electrons. The molecule has 0 saturated heterocycles. The Morgan fingerprint density at radius 2 is 1.60 bits per heavy atom. The zero-order valence-corrected chi connectivity index (χ0v) is 11.1. The van der Waals surface area contributed by atoms with E-state index in [0.29, 0.717) is 6.92 Å². The minimum absolute atomic E-state index is 0.0920. The van der Waals surface area contributed by atoms with Crippen molar-refractivity contribution in [2.45, 2.75) is 26.2 Å². The fourth-order valence-corrected chi connectivity index (χ4v) is 1.19. The SMILES string of the molecule is C=C(C)C(=O)Oc1ccc(OC(=O)CC(C)(F)F)cc1. The van der Waals surface area contributed by atoms with Crippen molar-refractivity contribution in [3.63, 3.8) is 0 Å². The molecule has 0 unspecified atom stereocenters. The summed E-state index contributed by atoms with van der Waals surface area (Å²) in [4.78, 5) is 22.4. The number of esters is 2. The maximum atomic E-state index is 12.6. The molecule has 0 amide bonds. The first kappa shape index (κ1) is 15.8. The molecule has 0 saturated carbocycles. The van der Waals surface area contributed by atoms with Crippen molar-refractivity contribution in [1.29, 1.82) is 0 Å². The summed E-state index contributed by atoms with van der Waals surface area (Å²) in [6.07, 6.45) is -1.00. The summed E-state index contributed by atoms with van der Waals surface area (Å²) >= 11 is 0.